The molecule has 0 saturated heterocycles. The Labute approximate surface area is 142 Å². The average Bonchev–Trinajstić information content (AvgIpc) is 2.86. The number of hydrogen-bond donors (Lipinski definition) is 0. The van der Waals surface area contributed by atoms with Crippen molar-refractivity contribution in [1.82, 2.24) is 4.57 Å². The fourth-order valence-corrected chi connectivity index (χ4v) is 2.88. The molecular formula is C18H20Cl2N2. The molecule has 1 heterocycles. The highest BCUT2D eigenvalue weighted by atomic mass is 35.5. The van der Waals surface area contributed by atoms with Crippen molar-refractivity contribution in [1.29, 1.82) is 0 Å². The van der Waals surface area contributed by atoms with Crippen LogP contribution in [0.4, 0.5) is 0 Å². The number of aromatic nitrogens is 2. The van der Waals surface area contributed by atoms with Crippen molar-refractivity contribution >= 4 is 22.6 Å². The highest BCUT2D eigenvalue weighted by Crippen LogP contribution is 2.17. The van der Waals surface area contributed by atoms with Gasteiger partial charge in [-0.2, -0.15) is 0 Å². The maximum absolute atomic E-state index is 6.30. The third-order valence-corrected chi connectivity index (χ3v) is 4.20. The summed E-state index contributed by atoms with van der Waals surface area (Å²) in [6.45, 7) is 4.09. The monoisotopic (exact) mass is 334 g/mol. The van der Waals surface area contributed by atoms with Gasteiger partial charge in [0.2, 0.25) is 6.33 Å². The summed E-state index contributed by atoms with van der Waals surface area (Å²) >= 11 is 6.30. The lowest BCUT2D eigenvalue weighted by Crippen LogP contribution is -3.00. The minimum Gasteiger partial charge on any atom is -1.00 e. The Morgan fingerprint density at radius 1 is 1.05 bits per heavy atom. The second-order valence-corrected chi connectivity index (χ2v) is 5.78. The Kier molecular flexibility index (Phi) is 5.87. The highest BCUT2D eigenvalue weighted by molar-refractivity contribution is 6.31. The van der Waals surface area contributed by atoms with Crippen molar-refractivity contribution in [2.45, 2.75) is 32.9 Å². The third kappa shape index (κ3) is 3.45. The number of unbranched alkanes of at least 4 members (excludes halogenated alkanes) is 1. The summed E-state index contributed by atoms with van der Waals surface area (Å²) in [7, 11) is 0. The molecule has 3 rings (SSSR count). The molecule has 0 radical (unpaired) electrons. The topological polar surface area (TPSA) is 8.81 Å². The zero-order valence-corrected chi connectivity index (χ0v) is 14.2. The van der Waals surface area contributed by atoms with Crippen LogP contribution in [0.15, 0.2) is 54.9 Å². The van der Waals surface area contributed by atoms with Crippen LogP contribution in [0.1, 0.15) is 25.3 Å². The van der Waals surface area contributed by atoms with Crippen LogP contribution in [0.5, 0.6) is 0 Å². The number of benzene rings is 2. The van der Waals surface area contributed by atoms with E-state index < -0.39 is 0 Å². The molecule has 0 bridgehead atoms. The first-order valence-corrected chi connectivity index (χ1v) is 7.88. The van der Waals surface area contributed by atoms with Gasteiger partial charge in [0, 0.05) is 10.6 Å². The van der Waals surface area contributed by atoms with E-state index in [2.05, 4.69) is 52.7 Å². The fraction of sp³-hybridized carbons (Fsp3) is 0.278. The number of fused-ring (bicyclic) bond motifs is 1. The van der Waals surface area contributed by atoms with E-state index in [-0.39, 0.29) is 12.4 Å². The van der Waals surface area contributed by atoms with Gasteiger partial charge in [-0.15, -0.1) is 0 Å². The van der Waals surface area contributed by atoms with E-state index >= 15 is 0 Å². The van der Waals surface area contributed by atoms with Crippen molar-refractivity contribution < 1.29 is 17.0 Å². The van der Waals surface area contributed by atoms with Crippen LogP contribution in [-0.4, -0.2) is 4.57 Å². The molecular weight excluding hydrogens is 315 g/mol. The summed E-state index contributed by atoms with van der Waals surface area (Å²) < 4.78 is 4.63. The Hall–Kier alpha value is -1.51. The van der Waals surface area contributed by atoms with E-state index in [4.69, 9.17) is 11.6 Å². The van der Waals surface area contributed by atoms with E-state index in [0.717, 1.165) is 23.7 Å². The normalized spacial score (nSPS) is 10.6. The maximum atomic E-state index is 6.30. The summed E-state index contributed by atoms with van der Waals surface area (Å²) in [6.07, 6.45) is 4.62. The van der Waals surface area contributed by atoms with E-state index in [9.17, 15) is 0 Å². The smallest absolute Gasteiger partial charge is 0.245 e. The van der Waals surface area contributed by atoms with Crippen molar-refractivity contribution in [2.24, 2.45) is 0 Å². The lowest BCUT2D eigenvalue weighted by Gasteiger charge is -2.01. The van der Waals surface area contributed by atoms with Crippen molar-refractivity contribution in [3.8, 4) is 0 Å². The Morgan fingerprint density at radius 2 is 1.77 bits per heavy atom. The summed E-state index contributed by atoms with van der Waals surface area (Å²) in [5, 5.41) is 0.829. The quantitative estimate of drug-likeness (QED) is 0.624. The number of aryl methyl sites for hydroxylation is 1. The molecule has 0 aliphatic rings. The average molecular weight is 335 g/mol. The summed E-state index contributed by atoms with van der Waals surface area (Å²) in [5.74, 6) is 0. The van der Waals surface area contributed by atoms with Crippen molar-refractivity contribution in [3.05, 3.63) is 65.4 Å². The molecule has 0 aliphatic carbocycles. The molecule has 0 atom stereocenters. The number of imidazole rings is 1. The van der Waals surface area contributed by atoms with Crippen LogP contribution in [-0.2, 0) is 13.1 Å². The molecule has 1 aromatic heterocycles. The predicted octanol–water partition coefficient (Wildman–Crippen LogP) is 1.43. The van der Waals surface area contributed by atoms with Gasteiger partial charge in [0.05, 0.1) is 6.54 Å². The second kappa shape index (κ2) is 7.66. The molecule has 0 N–H and O–H groups in total. The standard InChI is InChI=1S/C18H20ClN2.ClH/c1-2-3-12-20-14-21(18-11-7-6-10-17(18)20)13-15-8-4-5-9-16(15)19;/h4-11,14H,2-3,12-13H2,1H3;1H/q+1;/p-1. The number of rotatable bonds is 5. The minimum atomic E-state index is 0. The van der Waals surface area contributed by atoms with E-state index in [0.29, 0.717) is 0 Å². The molecule has 0 spiro atoms. The van der Waals surface area contributed by atoms with Gasteiger partial charge in [0.25, 0.3) is 0 Å². The van der Waals surface area contributed by atoms with Crippen molar-refractivity contribution in [2.75, 3.05) is 0 Å². The largest absolute Gasteiger partial charge is 1.00 e. The van der Waals surface area contributed by atoms with E-state index in [1.165, 1.54) is 23.9 Å². The van der Waals surface area contributed by atoms with Gasteiger partial charge in [-0.25, -0.2) is 9.13 Å². The molecule has 0 unspecified atom stereocenters. The molecule has 0 aliphatic heterocycles. The van der Waals surface area contributed by atoms with Crippen LogP contribution < -0.4 is 17.0 Å². The Morgan fingerprint density at radius 3 is 2.55 bits per heavy atom. The molecule has 0 amide bonds. The summed E-state index contributed by atoms with van der Waals surface area (Å²) in [6, 6.07) is 16.6. The second-order valence-electron chi connectivity index (χ2n) is 5.37. The molecule has 3 aromatic rings. The van der Waals surface area contributed by atoms with E-state index in [1.54, 1.807) is 0 Å². The SMILES string of the molecule is CCCCn1c[n+](Cc2ccccc2Cl)c2ccccc21.[Cl-]. The Bertz CT molecular complexity index is 750. The van der Waals surface area contributed by atoms with Crippen LogP contribution in [0.25, 0.3) is 11.0 Å². The Balaban J connectivity index is 0.00000176. The molecule has 116 valence electrons. The van der Waals surface area contributed by atoms with Gasteiger partial charge in [-0.1, -0.05) is 55.3 Å². The highest BCUT2D eigenvalue weighted by Gasteiger charge is 2.15. The van der Waals surface area contributed by atoms with Crippen LogP contribution in [0.2, 0.25) is 5.02 Å². The van der Waals surface area contributed by atoms with Gasteiger partial charge < -0.3 is 12.4 Å². The summed E-state index contributed by atoms with van der Waals surface area (Å²) in [5.41, 5.74) is 3.70. The maximum Gasteiger partial charge on any atom is 0.245 e. The molecule has 4 heteroatoms. The predicted molar refractivity (Wildman–Crippen MR) is 87.6 cm³/mol. The van der Waals surface area contributed by atoms with Crippen molar-refractivity contribution in [3.63, 3.8) is 0 Å². The summed E-state index contributed by atoms with van der Waals surface area (Å²) in [4.78, 5) is 0. The molecule has 2 aromatic carbocycles. The van der Waals surface area contributed by atoms with Gasteiger partial charge in [0.1, 0.15) is 6.54 Å². The zero-order chi connectivity index (χ0) is 14.7. The molecule has 0 saturated carbocycles. The van der Waals surface area contributed by atoms with Gasteiger partial charge in [-0.3, -0.25) is 0 Å². The molecule has 2 nitrogen and oxygen atoms in total. The number of para-hydroxylation sites is 2. The van der Waals surface area contributed by atoms with Gasteiger partial charge >= 0.3 is 0 Å². The fourth-order valence-electron chi connectivity index (χ4n) is 2.69. The molecule has 0 fully saturated rings. The molecule has 22 heavy (non-hydrogen) atoms. The number of halogens is 2. The first-order chi connectivity index (χ1) is 10.3. The third-order valence-electron chi connectivity index (χ3n) is 3.83. The number of hydrogen-bond acceptors (Lipinski definition) is 0. The van der Waals surface area contributed by atoms with Crippen LogP contribution in [0.3, 0.4) is 0 Å². The lowest BCUT2D eigenvalue weighted by atomic mass is 10.2. The first-order valence-electron chi connectivity index (χ1n) is 7.50. The number of nitrogens with zero attached hydrogens (tertiary/aromatic N) is 2. The van der Waals surface area contributed by atoms with Gasteiger partial charge in [0.15, 0.2) is 11.0 Å². The van der Waals surface area contributed by atoms with Gasteiger partial charge in [-0.05, 0) is 24.6 Å². The van der Waals surface area contributed by atoms with Crippen LogP contribution >= 0.6 is 11.6 Å². The first kappa shape index (κ1) is 16.9. The minimum absolute atomic E-state index is 0. The lowest BCUT2D eigenvalue weighted by molar-refractivity contribution is -0.663. The zero-order valence-electron chi connectivity index (χ0n) is 12.7. The van der Waals surface area contributed by atoms with Crippen LogP contribution in [0, 0.1) is 0 Å². The van der Waals surface area contributed by atoms with E-state index in [1.807, 2.05) is 18.2 Å².